The summed E-state index contributed by atoms with van der Waals surface area (Å²) in [4.78, 5) is 14.4. The van der Waals surface area contributed by atoms with E-state index in [1.54, 1.807) is 0 Å². The van der Waals surface area contributed by atoms with Gasteiger partial charge in [0.05, 0.1) is 0 Å². The Bertz CT molecular complexity index is 433. The van der Waals surface area contributed by atoms with E-state index in [9.17, 15) is 4.79 Å². The van der Waals surface area contributed by atoms with Gasteiger partial charge in [-0.05, 0) is 37.8 Å². The molecule has 1 unspecified atom stereocenters. The first-order chi connectivity index (χ1) is 9.28. The second-order valence-electron chi connectivity index (χ2n) is 5.72. The zero-order valence-corrected chi connectivity index (χ0v) is 11.5. The van der Waals surface area contributed by atoms with Gasteiger partial charge in [-0.3, -0.25) is 4.79 Å². The van der Waals surface area contributed by atoms with Gasteiger partial charge in [-0.1, -0.05) is 25.1 Å². The fraction of sp³-hybridized carbons (Fsp3) is 0.562. The average molecular weight is 258 g/mol. The minimum atomic E-state index is 0.248. The first-order valence-electron chi connectivity index (χ1n) is 7.41. The highest BCUT2D eigenvalue weighted by Gasteiger charge is 2.37. The maximum absolute atomic E-state index is 12.4. The summed E-state index contributed by atoms with van der Waals surface area (Å²) in [6.07, 6.45) is 5.30. The van der Waals surface area contributed by atoms with E-state index in [0.29, 0.717) is 24.5 Å². The number of nitrogens with one attached hydrogen (secondary N) is 1. The zero-order chi connectivity index (χ0) is 13.2. The quantitative estimate of drug-likeness (QED) is 0.904. The molecule has 2 heterocycles. The fourth-order valence-corrected chi connectivity index (χ4v) is 3.56. The molecule has 2 saturated heterocycles. The van der Waals surface area contributed by atoms with Crippen LogP contribution >= 0.6 is 0 Å². The van der Waals surface area contributed by atoms with Crippen molar-refractivity contribution in [1.29, 1.82) is 0 Å². The number of rotatable bonds is 3. The van der Waals surface area contributed by atoms with Crippen molar-refractivity contribution in [3.05, 3.63) is 30.3 Å². The number of amides is 1. The Balaban J connectivity index is 1.85. The molecule has 1 aromatic rings. The predicted octanol–water partition coefficient (Wildman–Crippen LogP) is 2.71. The highest BCUT2D eigenvalue weighted by Crippen LogP contribution is 2.32. The van der Waals surface area contributed by atoms with Crippen LogP contribution in [0.5, 0.6) is 0 Å². The minimum Gasteiger partial charge on any atom is -0.311 e. The number of para-hydroxylation sites is 1. The zero-order valence-electron chi connectivity index (χ0n) is 11.5. The van der Waals surface area contributed by atoms with Crippen molar-refractivity contribution in [2.45, 2.75) is 57.2 Å². The van der Waals surface area contributed by atoms with E-state index in [0.717, 1.165) is 18.5 Å². The molecule has 0 spiro atoms. The van der Waals surface area contributed by atoms with E-state index >= 15 is 0 Å². The van der Waals surface area contributed by atoms with Crippen molar-refractivity contribution in [3.63, 3.8) is 0 Å². The van der Waals surface area contributed by atoms with Gasteiger partial charge in [-0.2, -0.15) is 0 Å². The summed E-state index contributed by atoms with van der Waals surface area (Å²) in [6, 6.07) is 11.7. The minimum absolute atomic E-state index is 0.248. The lowest BCUT2D eigenvalue weighted by Crippen LogP contribution is -2.50. The number of fused-ring (bicyclic) bond motifs is 2. The van der Waals surface area contributed by atoms with Crippen LogP contribution in [-0.2, 0) is 4.79 Å². The van der Waals surface area contributed by atoms with Gasteiger partial charge in [0.25, 0.3) is 0 Å². The third-order valence-corrected chi connectivity index (χ3v) is 4.42. The summed E-state index contributed by atoms with van der Waals surface area (Å²) in [5, 5.41) is 3.65. The fourth-order valence-electron chi connectivity index (χ4n) is 3.56. The van der Waals surface area contributed by atoms with Crippen molar-refractivity contribution < 1.29 is 4.79 Å². The Morgan fingerprint density at radius 2 is 1.84 bits per heavy atom. The van der Waals surface area contributed by atoms with Crippen LogP contribution in [0.2, 0.25) is 0 Å². The van der Waals surface area contributed by atoms with Crippen molar-refractivity contribution in [2.75, 3.05) is 4.90 Å². The van der Waals surface area contributed by atoms with Crippen molar-refractivity contribution in [2.24, 2.45) is 0 Å². The molecule has 3 rings (SSSR count). The monoisotopic (exact) mass is 258 g/mol. The van der Waals surface area contributed by atoms with Crippen LogP contribution < -0.4 is 10.2 Å². The highest BCUT2D eigenvalue weighted by atomic mass is 16.2. The number of anilines is 1. The van der Waals surface area contributed by atoms with Crippen LogP contribution in [0.15, 0.2) is 30.3 Å². The molecule has 2 bridgehead atoms. The smallest absolute Gasteiger partial charge is 0.226 e. The first kappa shape index (κ1) is 12.7. The average Bonchev–Trinajstić information content (AvgIpc) is 2.79. The maximum Gasteiger partial charge on any atom is 0.226 e. The topological polar surface area (TPSA) is 32.3 Å². The van der Waals surface area contributed by atoms with Gasteiger partial charge >= 0.3 is 0 Å². The van der Waals surface area contributed by atoms with Gasteiger partial charge < -0.3 is 10.2 Å². The summed E-state index contributed by atoms with van der Waals surface area (Å²) in [5.74, 6) is 0.248. The van der Waals surface area contributed by atoms with Crippen molar-refractivity contribution in [3.8, 4) is 0 Å². The maximum atomic E-state index is 12.4. The van der Waals surface area contributed by atoms with Crippen LogP contribution in [0, 0.1) is 0 Å². The molecule has 0 saturated carbocycles. The molecule has 0 aliphatic carbocycles. The van der Waals surface area contributed by atoms with E-state index in [-0.39, 0.29) is 5.91 Å². The standard InChI is InChI=1S/C16H22N2O/c1-2-16(19)18(14-6-4-3-5-7-14)15-10-12-8-9-13(11-15)17-12/h3-7,12-13,15,17H,2,8-11H2,1H3/t12-,13+,15?. The van der Waals surface area contributed by atoms with Gasteiger partial charge in [-0.25, -0.2) is 0 Å². The molecule has 3 nitrogen and oxygen atoms in total. The SMILES string of the molecule is CCC(=O)N(c1ccccc1)C1C[C@H]2CC[C@@H](C1)N2. The molecule has 2 aliphatic rings. The van der Waals surface area contributed by atoms with E-state index in [2.05, 4.69) is 17.4 Å². The first-order valence-corrected chi connectivity index (χ1v) is 7.41. The lowest BCUT2D eigenvalue weighted by molar-refractivity contribution is -0.118. The number of hydrogen-bond acceptors (Lipinski definition) is 2. The summed E-state index contributed by atoms with van der Waals surface area (Å²) in [5.41, 5.74) is 1.06. The molecule has 0 radical (unpaired) electrons. The summed E-state index contributed by atoms with van der Waals surface area (Å²) in [7, 11) is 0. The van der Waals surface area contributed by atoms with E-state index in [4.69, 9.17) is 0 Å². The Kier molecular flexibility index (Phi) is 3.56. The van der Waals surface area contributed by atoms with Crippen LogP contribution in [0.3, 0.4) is 0 Å². The van der Waals surface area contributed by atoms with Crippen LogP contribution in [0.25, 0.3) is 0 Å². The normalized spacial score (nSPS) is 29.2. The highest BCUT2D eigenvalue weighted by molar-refractivity contribution is 5.93. The van der Waals surface area contributed by atoms with Crippen molar-refractivity contribution >= 4 is 11.6 Å². The third kappa shape index (κ3) is 2.52. The second kappa shape index (κ2) is 5.33. The number of carbonyl (C=O) groups is 1. The lowest BCUT2D eigenvalue weighted by atomic mass is 9.97. The molecule has 3 atom stereocenters. The summed E-state index contributed by atoms with van der Waals surface area (Å²) in [6.45, 7) is 1.95. The largest absolute Gasteiger partial charge is 0.311 e. The number of carbonyl (C=O) groups excluding carboxylic acids is 1. The Morgan fingerprint density at radius 3 is 2.42 bits per heavy atom. The molecule has 1 amide bonds. The Morgan fingerprint density at radius 1 is 1.21 bits per heavy atom. The number of benzene rings is 1. The van der Waals surface area contributed by atoms with E-state index in [1.807, 2.05) is 30.0 Å². The van der Waals surface area contributed by atoms with Crippen LogP contribution in [-0.4, -0.2) is 24.0 Å². The van der Waals surface area contributed by atoms with Gasteiger partial charge in [0.15, 0.2) is 0 Å². The molecule has 3 heteroatoms. The van der Waals surface area contributed by atoms with Gasteiger partial charge in [0.2, 0.25) is 5.91 Å². The molecule has 1 aromatic carbocycles. The predicted molar refractivity (Wildman–Crippen MR) is 77.2 cm³/mol. The number of piperidine rings is 1. The van der Waals surface area contributed by atoms with E-state index < -0.39 is 0 Å². The molecule has 0 aromatic heterocycles. The van der Waals surface area contributed by atoms with Gasteiger partial charge in [0, 0.05) is 30.2 Å². The molecule has 2 aliphatic heterocycles. The molecule has 1 N–H and O–H groups in total. The molecular weight excluding hydrogens is 236 g/mol. The van der Waals surface area contributed by atoms with Crippen LogP contribution in [0.4, 0.5) is 5.69 Å². The van der Waals surface area contributed by atoms with Gasteiger partial charge in [0.1, 0.15) is 0 Å². The third-order valence-electron chi connectivity index (χ3n) is 4.42. The summed E-state index contributed by atoms with van der Waals surface area (Å²) < 4.78 is 0. The van der Waals surface area contributed by atoms with Crippen molar-refractivity contribution in [1.82, 2.24) is 5.32 Å². The van der Waals surface area contributed by atoms with Gasteiger partial charge in [-0.15, -0.1) is 0 Å². The van der Waals surface area contributed by atoms with E-state index in [1.165, 1.54) is 12.8 Å². The Labute approximate surface area is 115 Å². The molecular formula is C16H22N2O. The second-order valence-corrected chi connectivity index (χ2v) is 5.72. The lowest BCUT2D eigenvalue weighted by Gasteiger charge is -2.37. The molecule has 102 valence electrons. The number of nitrogens with zero attached hydrogens (tertiary/aromatic N) is 1. The molecule has 19 heavy (non-hydrogen) atoms. The Hall–Kier alpha value is -1.35. The summed E-state index contributed by atoms with van der Waals surface area (Å²) >= 11 is 0. The van der Waals surface area contributed by atoms with Crippen LogP contribution in [0.1, 0.15) is 39.0 Å². The number of hydrogen-bond donors (Lipinski definition) is 1. The molecule has 2 fully saturated rings.